The van der Waals surface area contributed by atoms with Crippen LogP contribution in [0, 0.1) is 17.3 Å². The number of nitrogens with zero attached hydrogens (tertiary/aromatic N) is 2. The first-order valence-electron chi connectivity index (χ1n) is 39.3. The average Bonchev–Trinajstić information content (AvgIpc) is 1.57. The van der Waals surface area contributed by atoms with E-state index in [4.69, 9.17) is 0 Å². The Morgan fingerprint density at radius 2 is 0.645 bits per heavy atom. The van der Waals surface area contributed by atoms with Gasteiger partial charge in [-0.05, 0) is 104 Å². The molecule has 0 fully saturated rings. The van der Waals surface area contributed by atoms with Gasteiger partial charge in [0.15, 0.2) is 0 Å². The molecule has 7 rings (SSSR count). The van der Waals surface area contributed by atoms with E-state index in [-0.39, 0.29) is 22.6 Å². The van der Waals surface area contributed by atoms with Crippen LogP contribution in [0.5, 0.6) is 0 Å². The summed E-state index contributed by atoms with van der Waals surface area (Å²) < 4.78 is 0. The van der Waals surface area contributed by atoms with E-state index >= 15 is 9.59 Å². The number of thiophene rings is 4. The third-order valence-electron chi connectivity index (χ3n) is 21.3. The van der Waals surface area contributed by atoms with Crippen LogP contribution in [-0.2, 0) is 5.41 Å². The summed E-state index contributed by atoms with van der Waals surface area (Å²) in [5, 5.41) is 1.99. The number of carbonyl (C=O) groups is 2. The van der Waals surface area contributed by atoms with Gasteiger partial charge in [-0.3, -0.25) is 9.59 Å². The fourth-order valence-corrected chi connectivity index (χ4v) is 19.9. The number of hydrogen-bond donors (Lipinski definition) is 0. The van der Waals surface area contributed by atoms with Crippen LogP contribution in [0.1, 0.15) is 376 Å². The van der Waals surface area contributed by atoms with Gasteiger partial charge in [-0.2, -0.15) is 0 Å². The third-order valence-corrected chi connectivity index (χ3v) is 26.6. The second-order valence-corrected chi connectivity index (χ2v) is 34.5. The summed E-state index contributed by atoms with van der Waals surface area (Å²) in [6, 6.07) is 23.0. The van der Waals surface area contributed by atoms with Gasteiger partial charge in [0.05, 0.1) is 10.6 Å². The van der Waals surface area contributed by atoms with E-state index in [1.54, 1.807) is 0 Å². The Labute approximate surface area is 586 Å². The zero-order valence-electron chi connectivity index (χ0n) is 61.1. The molecule has 2 aliphatic rings. The van der Waals surface area contributed by atoms with E-state index in [2.05, 4.69) is 140 Å². The first kappa shape index (κ1) is 77.1. The molecule has 6 heterocycles. The summed E-state index contributed by atoms with van der Waals surface area (Å²) in [6.45, 7) is 24.9. The average molecular weight is 1340 g/mol. The van der Waals surface area contributed by atoms with Gasteiger partial charge in [0.25, 0.3) is 11.8 Å². The molecule has 4 nitrogen and oxygen atoms in total. The highest BCUT2D eigenvalue weighted by molar-refractivity contribution is 7.28. The molecule has 2 aliphatic heterocycles. The first-order valence-corrected chi connectivity index (χ1v) is 42.5. The molecule has 2 amide bonds. The number of carbonyl (C=O) groups excluding carboxylic acids is 2. The lowest BCUT2D eigenvalue weighted by molar-refractivity contribution is 0.0816. The molecule has 5 aromatic rings. The predicted octanol–water partition coefficient (Wildman–Crippen LogP) is 27.5. The van der Waals surface area contributed by atoms with Gasteiger partial charge in [-0.1, -0.05) is 320 Å². The minimum absolute atomic E-state index is 0.127. The molecular formula is C85H132N2O2S4. The number of amides is 2. The van der Waals surface area contributed by atoms with Crippen LogP contribution in [0.25, 0.3) is 40.7 Å². The molecule has 0 unspecified atom stereocenters. The van der Waals surface area contributed by atoms with Crippen molar-refractivity contribution in [2.75, 3.05) is 13.1 Å². The molecule has 0 saturated heterocycles. The zero-order chi connectivity index (χ0) is 66.3. The number of fused-ring (bicyclic) bond motifs is 2. The van der Waals surface area contributed by atoms with Gasteiger partial charge in [0.2, 0.25) is 0 Å². The number of hydrogen-bond acceptors (Lipinski definition) is 6. The van der Waals surface area contributed by atoms with Crippen molar-refractivity contribution in [3.8, 4) is 29.3 Å². The van der Waals surface area contributed by atoms with Crippen molar-refractivity contribution in [1.82, 2.24) is 9.80 Å². The van der Waals surface area contributed by atoms with Crippen LogP contribution in [0.3, 0.4) is 0 Å². The number of unbranched alkanes of at least 4 members (excludes halogenated alkanes) is 29. The van der Waals surface area contributed by atoms with Crippen LogP contribution in [0.2, 0.25) is 0 Å². The van der Waals surface area contributed by atoms with E-state index in [1.165, 1.54) is 284 Å². The molecule has 0 saturated carbocycles. The normalized spacial score (nSPS) is 13.6. The maximum Gasteiger partial charge on any atom is 0.259 e. The minimum atomic E-state index is -0.228. The van der Waals surface area contributed by atoms with Crippen LogP contribution in [0.15, 0.2) is 60.7 Å². The summed E-state index contributed by atoms with van der Waals surface area (Å²) in [4.78, 5) is 46.3. The summed E-state index contributed by atoms with van der Waals surface area (Å²) in [5.74, 6) is 1.49. The summed E-state index contributed by atoms with van der Waals surface area (Å²) in [5.41, 5.74) is 3.76. The largest absolute Gasteiger partial charge is 0.311 e. The monoisotopic (exact) mass is 1340 g/mol. The smallest absolute Gasteiger partial charge is 0.259 e. The maximum atomic E-state index is 15.8. The number of rotatable bonds is 53. The van der Waals surface area contributed by atoms with Crippen LogP contribution in [0.4, 0.5) is 0 Å². The van der Waals surface area contributed by atoms with Gasteiger partial charge in [-0.25, -0.2) is 0 Å². The van der Waals surface area contributed by atoms with Crippen LogP contribution >= 0.6 is 45.3 Å². The second kappa shape index (κ2) is 41.8. The van der Waals surface area contributed by atoms with Gasteiger partial charge < -0.3 is 9.80 Å². The van der Waals surface area contributed by atoms with Gasteiger partial charge in [-0.15, -0.1) is 45.3 Å². The summed E-state index contributed by atoms with van der Waals surface area (Å²) in [6.07, 6.45) is 55.7. The van der Waals surface area contributed by atoms with Crippen molar-refractivity contribution in [2.24, 2.45) is 17.3 Å². The molecule has 0 atom stereocenters. The Hall–Kier alpha value is -3.30. The molecular weight excluding hydrogens is 1210 g/mol. The lowest BCUT2D eigenvalue weighted by Crippen LogP contribution is -2.34. The van der Waals surface area contributed by atoms with Gasteiger partial charge in [0, 0.05) is 79.9 Å². The maximum absolute atomic E-state index is 15.8. The summed E-state index contributed by atoms with van der Waals surface area (Å²) >= 11 is 7.58. The minimum Gasteiger partial charge on any atom is -0.311 e. The van der Waals surface area contributed by atoms with E-state index < -0.39 is 0 Å². The SMILES string of the molecule is CCCCCCCCCCC(CCCCCCCCCC)CCN1C(=O)c2cc3c(cc2=C1c1ccc(-c2ccc(-c4ccc(-c5ccc(C(C)(C)CCC)s5)s4)s2)s1)C(=O)N(CCC(CCCCCCCCCC)CCCCCCCCCC)C=3C(C)(C)CCCC. The fourth-order valence-electron chi connectivity index (χ4n) is 15.4. The molecule has 93 heavy (non-hydrogen) atoms. The highest BCUT2D eigenvalue weighted by Crippen LogP contribution is 2.46. The van der Waals surface area contributed by atoms with Gasteiger partial charge in [0.1, 0.15) is 0 Å². The third kappa shape index (κ3) is 23.7. The highest BCUT2D eigenvalue weighted by atomic mass is 32.1. The lowest BCUT2D eigenvalue weighted by Gasteiger charge is -2.34. The van der Waals surface area contributed by atoms with Gasteiger partial charge >= 0.3 is 0 Å². The van der Waals surface area contributed by atoms with E-state index in [9.17, 15) is 0 Å². The second-order valence-electron chi connectivity index (χ2n) is 30.2. The summed E-state index contributed by atoms with van der Waals surface area (Å²) in [7, 11) is 0. The Bertz CT molecular complexity index is 3010. The topological polar surface area (TPSA) is 40.6 Å². The lowest BCUT2D eigenvalue weighted by atomic mass is 9.82. The number of benzene rings is 1. The molecule has 8 heteroatoms. The standard InChI is InChI=1S/C85H132N2O2S4/c1-11-17-22-26-30-34-38-42-46-66(47-43-39-35-31-27-23-18-12-2)58-62-86-80(78-55-54-75(92-78)74-51-50-72(90-74)73-52-53-76(91-73)77-56-57-79(93-77)84(7,8)60-16-6)68-64-71-69(65-70(68)82(86)88)81(85(9,10)61-21-15-5)87(83(71)89)63-59-67(48-44-40-36-32-28-24-19-13-3)49-45-41-37-33-29-25-20-14-4/h50-57,64-67H,11-49,58-63H2,1-10H3. The van der Waals surface area contributed by atoms with E-state index in [1.807, 2.05) is 45.3 Å². The Morgan fingerprint density at radius 1 is 0.323 bits per heavy atom. The highest BCUT2D eigenvalue weighted by Gasteiger charge is 2.40. The molecule has 518 valence electrons. The van der Waals surface area contributed by atoms with E-state index in [0.29, 0.717) is 18.4 Å². The van der Waals surface area contributed by atoms with Crippen molar-refractivity contribution in [3.05, 3.63) is 92.0 Å². The van der Waals surface area contributed by atoms with Crippen molar-refractivity contribution < 1.29 is 9.59 Å². The molecule has 0 radical (unpaired) electrons. The molecule has 4 aromatic heterocycles. The van der Waals surface area contributed by atoms with Crippen molar-refractivity contribution in [2.45, 2.75) is 351 Å². The molecule has 0 N–H and O–H groups in total. The first-order chi connectivity index (χ1) is 45.3. The molecule has 0 spiro atoms. The Morgan fingerprint density at radius 3 is 1.05 bits per heavy atom. The Kier molecular flexibility index (Phi) is 34.7. The fraction of sp³-hybridized carbons (Fsp3) is 0.694. The van der Waals surface area contributed by atoms with Crippen molar-refractivity contribution >= 4 is 68.6 Å². The Balaban J connectivity index is 1.20. The zero-order valence-corrected chi connectivity index (χ0v) is 64.4. The molecule has 0 aliphatic carbocycles. The van der Waals surface area contributed by atoms with E-state index in [0.717, 1.165) is 70.8 Å². The van der Waals surface area contributed by atoms with Crippen molar-refractivity contribution in [3.63, 3.8) is 0 Å². The predicted molar refractivity (Wildman–Crippen MR) is 414 cm³/mol. The molecule has 0 bridgehead atoms. The van der Waals surface area contributed by atoms with Crippen LogP contribution in [-0.4, -0.2) is 34.7 Å². The quantitative estimate of drug-likeness (QED) is 0.0364. The van der Waals surface area contributed by atoms with Crippen LogP contribution < -0.4 is 10.4 Å². The molecule has 1 aromatic carbocycles. The van der Waals surface area contributed by atoms with Crippen molar-refractivity contribution in [1.29, 1.82) is 0 Å².